The van der Waals surface area contributed by atoms with Crippen molar-refractivity contribution in [3.8, 4) is 11.5 Å². The van der Waals surface area contributed by atoms with Gasteiger partial charge in [0, 0.05) is 25.9 Å². The Labute approximate surface area is 228 Å². The molecule has 8 heteroatoms. The molecule has 0 aliphatic carbocycles. The number of likely N-dealkylation sites (N-methyl/N-ethyl adjacent to an activating group) is 1. The third-order valence-corrected chi connectivity index (χ3v) is 6.56. The van der Waals surface area contributed by atoms with Gasteiger partial charge in [-0.2, -0.15) is 0 Å². The zero-order valence-corrected chi connectivity index (χ0v) is 22.6. The predicted molar refractivity (Wildman–Crippen MR) is 147 cm³/mol. The van der Waals surface area contributed by atoms with Crippen LogP contribution in [0.4, 0.5) is 0 Å². The molecular weight excluding hydrogens is 511 g/mol. The highest BCUT2D eigenvalue weighted by Gasteiger charge is 2.30. The lowest BCUT2D eigenvalue weighted by Crippen LogP contribution is -2.50. The molecule has 6 nitrogen and oxygen atoms in total. The van der Waals surface area contributed by atoms with Crippen molar-refractivity contribution in [3.63, 3.8) is 0 Å². The average molecular weight is 543 g/mol. The molecule has 3 aromatic carbocycles. The van der Waals surface area contributed by atoms with E-state index in [0.717, 1.165) is 16.9 Å². The summed E-state index contributed by atoms with van der Waals surface area (Å²) < 4.78 is 11.0. The highest BCUT2D eigenvalue weighted by Crippen LogP contribution is 2.25. The molecule has 0 spiro atoms. The van der Waals surface area contributed by atoms with Crippen LogP contribution in [-0.2, 0) is 22.6 Å². The molecule has 37 heavy (non-hydrogen) atoms. The Kier molecular flexibility index (Phi) is 11.1. The van der Waals surface area contributed by atoms with Crippen LogP contribution < -0.4 is 14.8 Å². The molecule has 0 radical (unpaired) electrons. The minimum absolute atomic E-state index is 0.142. The molecule has 1 atom stereocenters. The standard InChI is InChI=1S/C29H32Cl2N2O4/c1-3-32-29(35)27(19-21-8-5-4-6-9-21)33(20-22-11-16-25(30)26(31)18-22)28(34)10-7-17-37-24-14-12-23(36-2)13-15-24/h4-6,8-9,11-16,18,27H,3,7,10,17,19-20H2,1-2H3,(H,32,35). The van der Waals surface area contributed by atoms with Crippen molar-refractivity contribution < 1.29 is 19.1 Å². The molecule has 196 valence electrons. The third kappa shape index (κ3) is 8.69. The van der Waals surface area contributed by atoms with E-state index in [0.29, 0.717) is 41.8 Å². The van der Waals surface area contributed by atoms with Gasteiger partial charge >= 0.3 is 0 Å². The Morgan fingerprint density at radius 1 is 0.919 bits per heavy atom. The van der Waals surface area contributed by atoms with Crippen molar-refractivity contribution in [1.82, 2.24) is 10.2 Å². The first-order chi connectivity index (χ1) is 17.9. The largest absolute Gasteiger partial charge is 0.497 e. The maximum atomic E-state index is 13.5. The van der Waals surface area contributed by atoms with Crippen molar-refractivity contribution >= 4 is 35.0 Å². The topological polar surface area (TPSA) is 67.9 Å². The SMILES string of the molecule is CCNC(=O)C(Cc1ccccc1)N(Cc1ccc(Cl)c(Cl)c1)C(=O)CCCOc1ccc(OC)cc1. The van der Waals surface area contributed by atoms with Gasteiger partial charge in [-0.05, 0) is 60.9 Å². The van der Waals surface area contributed by atoms with E-state index in [1.54, 1.807) is 24.1 Å². The van der Waals surface area contributed by atoms with Gasteiger partial charge in [0.05, 0.1) is 23.8 Å². The molecule has 0 fully saturated rings. The van der Waals surface area contributed by atoms with Gasteiger partial charge in [-0.3, -0.25) is 9.59 Å². The number of hydrogen-bond donors (Lipinski definition) is 1. The first-order valence-corrected chi connectivity index (χ1v) is 13.0. The average Bonchev–Trinajstić information content (AvgIpc) is 2.91. The van der Waals surface area contributed by atoms with Crippen molar-refractivity contribution in [2.45, 2.75) is 38.8 Å². The molecule has 0 aliphatic rings. The lowest BCUT2D eigenvalue weighted by Gasteiger charge is -2.31. The van der Waals surface area contributed by atoms with Crippen LogP contribution in [0.15, 0.2) is 72.8 Å². The van der Waals surface area contributed by atoms with Gasteiger partial charge in [-0.1, -0.05) is 59.6 Å². The van der Waals surface area contributed by atoms with Crippen LogP contribution in [0, 0.1) is 0 Å². The summed E-state index contributed by atoms with van der Waals surface area (Å²) in [4.78, 5) is 28.4. The molecule has 0 aliphatic heterocycles. The van der Waals surface area contributed by atoms with E-state index in [9.17, 15) is 9.59 Å². The van der Waals surface area contributed by atoms with Crippen LogP contribution in [-0.4, -0.2) is 43.0 Å². The van der Waals surface area contributed by atoms with Crippen molar-refractivity contribution in [3.05, 3.63) is 94.0 Å². The first kappa shape index (κ1) is 28.4. The lowest BCUT2D eigenvalue weighted by atomic mass is 10.0. The number of methoxy groups -OCH3 is 1. The molecule has 3 aromatic rings. The quantitative estimate of drug-likeness (QED) is 0.271. The Bertz CT molecular complexity index is 1160. The number of nitrogens with one attached hydrogen (secondary N) is 1. The number of amides is 2. The van der Waals surface area contributed by atoms with Crippen LogP contribution >= 0.6 is 23.2 Å². The fraction of sp³-hybridized carbons (Fsp3) is 0.310. The minimum Gasteiger partial charge on any atom is -0.497 e. The lowest BCUT2D eigenvalue weighted by molar-refractivity contribution is -0.141. The second-order valence-corrected chi connectivity index (χ2v) is 9.31. The van der Waals surface area contributed by atoms with Crippen LogP contribution in [0.3, 0.4) is 0 Å². The fourth-order valence-corrected chi connectivity index (χ4v) is 4.23. The Balaban J connectivity index is 1.76. The minimum atomic E-state index is -0.688. The van der Waals surface area contributed by atoms with E-state index in [1.807, 2.05) is 67.6 Å². The van der Waals surface area contributed by atoms with E-state index in [1.165, 1.54) is 0 Å². The molecular formula is C29H32Cl2N2O4. The summed E-state index contributed by atoms with van der Waals surface area (Å²) in [6, 6.07) is 21.5. The van der Waals surface area contributed by atoms with Gasteiger partial charge < -0.3 is 19.7 Å². The number of nitrogens with zero attached hydrogens (tertiary/aromatic N) is 1. The van der Waals surface area contributed by atoms with Crippen LogP contribution in [0.5, 0.6) is 11.5 Å². The Hall–Kier alpha value is -3.22. The number of rotatable bonds is 13. The monoisotopic (exact) mass is 542 g/mol. The zero-order valence-electron chi connectivity index (χ0n) is 21.1. The van der Waals surface area contributed by atoms with E-state index in [4.69, 9.17) is 32.7 Å². The molecule has 1 unspecified atom stereocenters. The van der Waals surface area contributed by atoms with Gasteiger partial charge in [-0.25, -0.2) is 0 Å². The van der Waals surface area contributed by atoms with E-state index in [-0.39, 0.29) is 24.8 Å². The highest BCUT2D eigenvalue weighted by atomic mass is 35.5. The van der Waals surface area contributed by atoms with Crippen LogP contribution in [0.25, 0.3) is 0 Å². The van der Waals surface area contributed by atoms with Crippen molar-refractivity contribution in [2.75, 3.05) is 20.3 Å². The summed E-state index contributed by atoms with van der Waals surface area (Å²) >= 11 is 12.3. The molecule has 2 amide bonds. The van der Waals surface area contributed by atoms with Gasteiger partial charge in [0.25, 0.3) is 0 Å². The predicted octanol–water partition coefficient (Wildman–Crippen LogP) is 5.94. The summed E-state index contributed by atoms with van der Waals surface area (Å²) in [6.07, 6.45) is 1.11. The third-order valence-electron chi connectivity index (χ3n) is 5.82. The molecule has 0 aromatic heterocycles. The maximum Gasteiger partial charge on any atom is 0.243 e. The molecule has 3 rings (SSSR count). The maximum absolute atomic E-state index is 13.5. The number of carbonyl (C=O) groups excluding carboxylic acids is 2. The smallest absolute Gasteiger partial charge is 0.243 e. The molecule has 0 bridgehead atoms. The molecule has 1 N–H and O–H groups in total. The second kappa shape index (κ2) is 14.5. The number of benzene rings is 3. The van der Waals surface area contributed by atoms with E-state index in [2.05, 4.69) is 5.32 Å². The molecule has 0 saturated carbocycles. The molecule has 0 heterocycles. The zero-order chi connectivity index (χ0) is 26.6. The number of ether oxygens (including phenoxy) is 2. The Morgan fingerprint density at radius 2 is 1.62 bits per heavy atom. The fourth-order valence-electron chi connectivity index (χ4n) is 3.91. The summed E-state index contributed by atoms with van der Waals surface area (Å²) in [5.74, 6) is 1.10. The highest BCUT2D eigenvalue weighted by molar-refractivity contribution is 6.42. The van der Waals surface area contributed by atoms with Gasteiger partial charge in [0.1, 0.15) is 17.5 Å². The van der Waals surface area contributed by atoms with E-state index < -0.39 is 6.04 Å². The van der Waals surface area contributed by atoms with E-state index >= 15 is 0 Å². The normalized spacial score (nSPS) is 11.5. The van der Waals surface area contributed by atoms with Gasteiger partial charge in [0.2, 0.25) is 11.8 Å². The Morgan fingerprint density at radius 3 is 2.27 bits per heavy atom. The van der Waals surface area contributed by atoms with Gasteiger partial charge in [-0.15, -0.1) is 0 Å². The second-order valence-electron chi connectivity index (χ2n) is 8.50. The number of carbonyl (C=O) groups is 2. The van der Waals surface area contributed by atoms with Crippen LogP contribution in [0.1, 0.15) is 30.9 Å². The van der Waals surface area contributed by atoms with Crippen molar-refractivity contribution in [2.24, 2.45) is 0 Å². The molecule has 0 saturated heterocycles. The summed E-state index contributed by atoms with van der Waals surface area (Å²) in [5, 5.41) is 3.72. The number of hydrogen-bond acceptors (Lipinski definition) is 4. The van der Waals surface area contributed by atoms with Crippen molar-refractivity contribution in [1.29, 1.82) is 0 Å². The number of halogens is 2. The van der Waals surface area contributed by atoms with Crippen LogP contribution in [0.2, 0.25) is 10.0 Å². The summed E-state index contributed by atoms with van der Waals surface area (Å²) in [6.45, 7) is 2.92. The first-order valence-electron chi connectivity index (χ1n) is 12.2. The summed E-state index contributed by atoms with van der Waals surface area (Å²) in [5.41, 5.74) is 1.76. The summed E-state index contributed by atoms with van der Waals surface area (Å²) in [7, 11) is 1.61. The van der Waals surface area contributed by atoms with Gasteiger partial charge in [0.15, 0.2) is 0 Å².